The van der Waals surface area contributed by atoms with Crippen molar-refractivity contribution in [1.82, 2.24) is 15.1 Å². The molecule has 0 atom stereocenters. The summed E-state index contributed by atoms with van der Waals surface area (Å²) in [5.74, 6) is 0.321. The molecule has 0 fully saturated rings. The van der Waals surface area contributed by atoms with Crippen LogP contribution < -0.4 is 16.0 Å². The number of fused-ring (bicyclic) bond motifs is 1. The fourth-order valence-corrected chi connectivity index (χ4v) is 2.92. The standard InChI is InChI=1S/C15H19N5O/c1-10-13(14(16)21)15(19(2)18-10)20-8-7-17-9-11-5-3-4-6-12(11)20/h3-6,17H,7-9H2,1-2H3,(H2,16,21). The molecule has 0 aliphatic carbocycles. The molecule has 1 aliphatic rings. The molecule has 6 heteroatoms. The number of anilines is 2. The molecule has 1 aliphatic heterocycles. The Morgan fingerprint density at radius 2 is 2.14 bits per heavy atom. The topological polar surface area (TPSA) is 76.2 Å². The molecule has 0 spiro atoms. The summed E-state index contributed by atoms with van der Waals surface area (Å²) < 4.78 is 1.73. The van der Waals surface area contributed by atoms with Crippen LogP contribution in [0, 0.1) is 6.92 Å². The Labute approximate surface area is 123 Å². The Bertz CT molecular complexity index is 691. The predicted octanol–water partition coefficient (Wildman–Crippen LogP) is 1.07. The fourth-order valence-electron chi connectivity index (χ4n) is 2.92. The number of nitrogens with zero attached hydrogens (tertiary/aromatic N) is 3. The van der Waals surface area contributed by atoms with Crippen LogP contribution in [-0.2, 0) is 13.6 Å². The van der Waals surface area contributed by atoms with Gasteiger partial charge in [-0.25, -0.2) is 0 Å². The maximum atomic E-state index is 11.8. The molecule has 0 unspecified atom stereocenters. The lowest BCUT2D eigenvalue weighted by Crippen LogP contribution is -2.28. The molecule has 0 saturated carbocycles. The Hall–Kier alpha value is -2.34. The van der Waals surface area contributed by atoms with E-state index < -0.39 is 5.91 Å². The quantitative estimate of drug-likeness (QED) is 0.865. The maximum Gasteiger partial charge on any atom is 0.254 e. The first-order chi connectivity index (χ1) is 10.1. The molecular formula is C15H19N5O. The number of aromatic nitrogens is 2. The highest BCUT2D eigenvalue weighted by Crippen LogP contribution is 2.32. The highest BCUT2D eigenvalue weighted by Gasteiger charge is 2.26. The zero-order valence-corrected chi connectivity index (χ0v) is 12.3. The van der Waals surface area contributed by atoms with Crippen LogP contribution in [0.4, 0.5) is 11.5 Å². The summed E-state index contributed by atoms with van der Waals surface area (Å²) in [6, 6.07) is 8.18. The number of hydrogen-bond donors (Lipinski definition) is 2. The SMILES string of the molecule is Cc1nn(C)c(N2CCNCc3ccccc32)c1C(N)=O. The molecular weight excluding hydrogens is 266 g/mol. The second-order valence-electron chi connectivity index (χ2n) is 5.23. The van der Waals surface area contributed by atoms with E-state index >= 15 is 0 Å². The molecule has 0 radical (unpaired) electrons. The van der Waals surface area contributed by atoms with Crippen molar-refractivity contribution in [1.29, 1.82) is 0 Å². The van der Waals surface area contributed by atoms with Gasteiger partial charge in [0.05, 0.1) is 5.69 Å². The Balaban J connectivity index is 2.19. The zero-order chi connectivity index (χ0) is 15.0. The first-order valence-electron chi connectivity index (χ1n) is 6.99. The second kappa shape index (κ2) is 5.21. The van der Waals surface area contributed by atoms with E-state index in [1.807, 2.05) is 26.1 Å². The third-order valence-corrected chi connectivity index (χ3v) is 3.80. The summed E-state index contributed by atoms with van der Waals surface area (Å²) in [6.07, 6.45) is 0. The van der Waals surface area contributed by atoms with Gasteiger partial charge in [0.2, 0.25) is 0 Å². The highest BCUT2D eigenvalue weighted by atomic mass is 16.1. The second-order valence-corrected chi connectivity index (χ2v) is 5.23. The van der Waals surface area contributed by atoms with Crippen LogP contribution >= 0.6 is 0 Å². The van der Waals surface area contributed by atoms with Crippen LogP contribution in [0.2, 0.25) is 0 Å². The van der Waals surface area contributed by atoms with Crippen molar-refractivity contribution in [2.24, 2.45) is 12.8 Å². The zero-order valence-electron chi connectivity index (χ0n) is 12.3. The van der Waals surface area contributed by atoms with Gasteiger partial charge in [-0.1, -0.05) is 18.2 Å². The summed E-state index contributed by atoms with van der Waals surface area (Å²) in [5, 5.41) is 7.76. The van der Waals surface area contributed by atoms with Crippen molar-refractivity contribution in [3.63, 3.8) is 0 Å². The molecule has 1 amide bonds. The Kier molecular flexibility index (Phi) is 3.39. The van der Waals surface area contributed by atoms with Crippen LogP contribution in [0.1, 0.15) is 21.6 Å². The van der Waals surface area contributed by atoms with Gasteiger partial charge in [-0.3, -0.25) is 9.48 Å². The van der Waals surface area contributed by atoms with E-state index in [1.54, 1.807) is 4.68 Å². The lowest BCUT2D eigenvalue weighted by molar-refractivity contribution is 0.1000. The van der Waals surface area contributed by atoms with Gasteiger partial charge in [-0.05, 0) is 18.6 Å². The van der Waals surface area contributed by atoms with Crippen molar-refractivity contribution < 1.29 is 4.79 Å². The van der Waals surface area contributed by atoms with Crippen LogP contribution in [0.5, 0.6) is 0 Å². The molecule has 2 aromatic rings. The van der Waals surface area contributed by atoms with E-state index in [1.165, 1.54) is 5.56 Å². The van der Waals surface area contributed by atoms with Crippen molar-refractivity contribution in [2.75, 3.05) is 18.0 Å². The molecule has 1 aromatic carbocycles. The molecule has 0 bridgehead atoms. The molecule has 2 heterocycles. The van der Waals surface area contributed by atoms with Gasteiger partial charge in [-0.2, -0.15) is 5.10 Å². The van der Waals surface area contributed by atoms with E-state index in [-0.39, 0.29) is 0 Å². The number of primary amides is 1. The Morgan fingerprint density at radius 1 is 1.38 bits per heavy atom. The highest BCUT2D eigenvalue weighted by molar-refractivity contribution is 6.00. The van der Waals surface area contributed by atoms with Gasteiger partial charge in [0.25, 0.3) is 5.91 Å². The van der Waals surface area contributed by atoms with Crippen molar-refractivity contribution in [3.05, 3.63) is 41.1 Å². The molecule has 21 heavy (non-hydrogen) atoms. The van der Waals surface area contributed by atoms with E-state index in [0.29, 0.717) is 11.3 Å². The summed E-state index contributed by atoms with van der Waals surface area (Å²) in [5.41, 5.74) is 9.01. The lowest BCUT2D eigenvalue weighted by Gasteiger charge is -2.25. The largest absolute Gasteiger partial charge is 0.365 e. The van der Waals surface area contributed by atoms with Gasteiger partial charge in [0, 0.05) is 32.4 Å². The smallest absolute Gasteiger partial charge is 0.254 e. The monoisotopic (exact) mass is 285 g/mol. The number of hydrogen-bond acceptors (Lipinski definition) is 4. The number of amides is 1. The van der Waals surface area contributed by atoms with Crippen molar-refractivity contribution in [2.45, 2.75) is 13.5 Å². The minimum atomic E-state index is -0.440. The maximum absolute atomic E-state index is 11.8. The third kappa shape index (κ3) is 2.27. The molecule has 6 nitrogen and oxygen atoms in total. The number of aryl methyl sites for hydroxylation is 2. The molecule has 1 aromatic heterocycles. The van der Waals surface area contributed by atoms with Crippen LogP contribution in [0.15, 0.2) is 24.3 Å². The van der Waals surface area contributed by atoms with E-state index in [4.69, 9.17) is 5.73 Å². The number of carbonyl (C=O) groups is 1. The molecule has 110 valence electrons. The third-order valence-electron chi connectivity index (χ3n) is 3.80. The summed E-state index contributed by atoms with van der Waals surface area (Å²) in [4.78, 5) is 13.9. The van der Waals surface area contributed by atoms with Crippen molar-refractivity contribution >= 4 is 17.4 Å². The number of carbonyl (C=O) groups excluding carboxylic acids is 1. The molecule has 0 saturated heterocycles. The number of benzene rings is 1. The van der Waals surface area contributed by atoms with Gasteiger partial charge >= 0.3 is 0 Å². The number of rotatable bonds is 2. The summed E-state index contributed by atoms with van der Waals surface area (Å²) in [6.45, 7) is 4.22. The fraction of sp³-hybridized carbons (Fsp3) is 0.333. The lowest BCUT2D eigenvalue weighted by atomic mass is 10.1. The van der Waals surface area contributed by atoms with E-state index in [9.17, 15) is 4.79 Å². The van der Waals surface area contributed by atoms with Gasteiger partial charge in [0.1, 0.15) is 11.4 Å². The van der Waals surface area contributed by atoms with Gasteiger partial charge in [0.15, 0.2) is 0 Å². The average Bonchev–Trinajstić information content (AvgIpc) is 2.63. The van der Waals surface area contributed by atoms with Gasteiger partial charge < -0.3 is 16.0 Å². The average molecular weight is 285 g/mol. The minimum absolute atomic E-state index is 0.440. The molecule has 3 N–H and O–H groups in total. The summed E-state index contributed by atoms with van der Waals surface area (Å²) in [7, 11) is 1.84. The van der Waals surface area contributed by atoms with Gasteiger partial charge in [-0.15, -0.1) is 0 Å². The van der Waals surface area contributed by atoms with E-state index in [2.05, 4.69) is 27.4 Å². The number of nitrogens with two attached hydrogens (primary N) is 1. The summed E-state index contributed by atoms with van der Waals surface area (Å²) >= 11 is 0. The van der Waals surface area contributed by atoms with Crippen LogP contribution in [0.25, 0.3) is 0 Å². The first-order valence-corrected chi connectivity index (χ1v) is 6.99. The first kappa shape index (κ1) is 13.6. The van der Waals surface area contributed by atoms with Crippen LogP contribution in [-0.4, -0.2) is 28.8 Å². The normalized spacial score (nSPS) is 14.7. The minimum Gasteiger partial charge on any atom is -0.365 e. The number of para-hydroxylation sites is 1. The predicted molar refractivity (Wildman–Crippen MR) is 81.6 cm³/mol. The molecule has 3 rings (SSSR count). The Morgan fingerprint density at radius 3 is 2.90 bits per heavy atom. The number of nitrogens with one attached hydrogen (secondary N) is 1. The van der Waals surface area contributed by atoms with E-state index in [0.717, 1.165) is 31.1 Å². The van der Waals surface area contributed by atoms with Crippen molar-refractivity contribution in [3.8, 4) is 0 Å². The van der Waals surface area contributed by atoms with Crippen LogP contribution in [0.3, 0.4) is 0 Å².